The summed E-state index contributed by atoms with van der Waals surface area (Å²) < 4.78 is 46.6. The van der Waals surface area contributed by atoms with E-state index in [1.165, 1.54) is 18.2 Å². The fourth-order valence-electron chi connectivity index (χ4n) is 4.91. The van der Waals surface area contributed by atoms with E-state index < -0.39 is 25.8 Å². The molecule has 0 aromatic heterocycles. The largest absolute Gasteiger partial charge is 0.490 e. The summed E-state index contributed by atoms with van der Waals surface area (Å²) in [5.74, 6) is 0.0892. The van der Waals surface area contributed by atoms with Crippen molar-refractivity contribution < 1.29 is 22.3 Å². The maximum absolute atomic E-state index is 13.9. The zero-order valence-electron chi connectivity index (χ0n) is 19.1. The van der Waals surface area contributed by atoms with Gasteiger partial charge in [-0.1, -0.05) is 18.9 Å². The number of sulfone groups is 1. The Hall–Kier alpha value is -2.41. The minimum Gasteiger partial charge on any atom is -0.490 e. The molecule has 0 radical (unpaired) electrons. The van der Waals surface area contributed by atoms with Gasteiger partial charge in [-0.05, 0) is 82.0 Å². The van der Waals surface area contributed by atoms with E-state index in [0.29, 0.717) is 42.0 Å². The average molecular weight is 460 g/mol. The van der Waals surface area contributed by atoms with Crippen molar-refractivity contribution in [2.75, 3.05) is 18.1 Å². The lowest BCUT2D eigenvalue weighted by Crippen LogP contribution is -2.42. The van der Waals surface area contributed by atoms with Crippen LogP contribution in [0.25, 0.3) is 0 Å². The van der Waals surface area contributed by atoms with Crippen LogP contribution >= 0.6 is 0 Å². The number of carbonyl (C=O) groups is 1. The highest BCUT2D eigenvalue weighted by Crippen LogP contribution is 2.50. The fraction of sp³-hybridized carbons (Fsp3) is 0.480. The van der Waals surface area contributed by atoms with Crippen LogP contribution in [0.5, 0.6) is 5.75 Å². The minimum absolute atomic E-state index is 0.0171. The van der Waals surface area contributed by atoms with Gasteiger partial charge >= 0.3 is 0 Å². The van der Waals surface area contributed by atoms with E-state index in [-0.39, 0.29) is 17.4 Å². The fourth-order valence-corrected chi connectivity index (χ4v) is 7.21. The van der Waals surface area contributed by atoms with Crippen LogP contribution in [0, 0.1) is 18.2 Å². The maximum Gasteiger partial charge on any atom is 0.236 e. The number of hydrogen-bond acceptors (Lipinski definition) is 4. The molecule has 5 nitrogen and oxygen atoms in total. The average Bonchev–Trinajstić information content (AvgIpc) is 3.24. The number of ether oxygens (including phenoxy) is 1. The molecule has 2 aromatic carbocycles. The van der Waals surface area contributed by atoms with Crippen molar-refractivity contribution in [3.63, 3.8) is 0 Å². The van der Waals surface area contributed by atoms with Gasteiger partial charge in [-0.15, -0.1) is 0 Å². The number of rotatable bonds is 4. The van der Waals surface area contributed by atoms with Crippen molar-refractivity contribution in [3.05, 3.63) is 53.3 Å². The molecule has 0 N–H and O–H groups in total. The molecule has 1 heterocycles. The molecule has 4 rings (SSSR count). The quantitative estimate of drug-likeness (QED) is 0.593. The maximum atomic E-state index is 13.9. The van der Waals surface area contributed by atoms with Crippen LogP contribution in [0.2, 0.25) is 0 Å². The molecule has 0 unspecified atom stereocenters. The highest BCUT2D eigenvalue weighted by Gasteiger charge is 2.49. The number of anilines is 1. The standard InChI is InChI=1S/C25H30FNO4S/c1-5-27-21-11-8-18(15-22(21)31-16-24(3,4)23(27)28)25(12-6-7-13-25)32(29,30)19-9-10-20(26)17(2)14-19/h8-11,14-15H,5-7,12-13,16H2,1-4H3. The highest BCUT2D eigenvalue weighted by atomic mass is 32.2. The van der Waals surface area contributed by atoms with Gasteiger partial charge in [0.15, 0.2) is 9.84 Å². The molecular formula is C25H30FNO4S. The lowest BCUT2D eigenvalue weighted by Gasteiger charge is -2.31. The first-order valence-electron chi connectivity index (χ1n) is 11.1. The van der Waals surface area contributed by atoms with Crippen molar-refractivity contribution >= 4 is 21.4 Å². The van der Waals surface area contributed by atoms with Crippen molar-refractivity contribution in [1.82, 2.24) is 0 Å². The van der Waals surface area contributed by atoms with Gasteiger partial charge in [-0.3, -0.25) is 4.79 Å². The Kier molecular flexibility index (Phi) is 5.60. The summed E-state index contributed by atoms with van der Waals surface area (Å²) in [6, 6.07) is 9.42. The smallest absolute Gasteiger partial charge is 0.236 e. The zero-order chi connectivity index (χ0) is 23.3. The monoisotopic (exact) mass is 459 g/mol. The second kappa shape index (κ2) is 7.87. The highest BCUT2D eigenvalue weighted by molar-refractivity contribution is 7.92. The molecule has 1 aliphatic heterocycles. The van der Waals surface area contributed by atoms with Crippen LogP contribution in [0.15, 0.2) is 41.3 Å². The minimum atomic E-state index is -3.78. The molecule has 0 atom stereocenters. The van der Waals surface area contributed by atoms with E-state index in [1.54, 1.807) is 24.0 Å². The molecule has 0 bridgehead atoms. The number of aryl methyl sites for hydroxylation is 1. The van der Waals surface area contributed by atoms with E-state index in [0.717, 1.165) is 12.8 Å². The summed E-state index contributed by atoms with van der Waals surface area (Å²) in [5, 5.41) is 0. The van der Waals surface area contributed by atoms with E-state index in [2.05, 4.69) is 0 Å². The summed E-state index contributed by atoms with van der Waals surface area (Å²) in [7, 11) is -3.78. The SMILES string of the molecule is CCN1C(=O)C(C)(C)COc2cc(C3(S(=O)(=O)c4ccc(F)c(C)c4)CCCC3)ccc21. The molecule has 1 fully saturated rings. The molecule has 2 aliphatic rings. The molecule has 0 saturated heterocycles. The van der Waals surface area contributed by atoms with Crippen LogP contribution < -0.4 is 9.64 Å². The summed E-state index contributed by atoms with van der Waals surface area (Å²) >= 11 is 0. The number of hydrogen-bond donors (Lipinski definition) is 0. The van der Waals surface area contributed by atoms with E-state index >= 15 is 0 Å². The second-order valence-corrected chi connectivity index (χ2v) is 11.8. The molecule has 172 valence electrons. The lowest BCUT2D eigenvalue weighted by atomic mass is 9.93. The van der Waals surface area contributed by atoms with Crippen LogP contribution in [0.3, 0.4) is 0 Å². The number of carbonyl (C=O) groups excluding carboxylic acids is 1. The number of benzene rings is 2. The van der Waals surface area contributed by atoms with E-state index in [4.69, 9.17) is 4.74 Å². The molecule has 1 aliphatic carbocycles. The molecule has 32 heavy (non-hydrogen) atoms. The first-order valence-corrected chi connectivity index (χ1v) is 12.6. The molecular weight excluding hydrogens is 429 g/mol. The first kappa shape index (κ1) is 22.8. The summed E-state index contributed by atoms with van der Waals surface area (Å²) in [4.78, 5) is 14.8. The summed E-state index contributed by atoms with van der Waals surface area (Å²) in [6.07, 6.45) is 2.58. The third kappa shape index (κ3) is 3.41. The van der Waals surface area contributed by atoms with Crippen molar-refractivity contribution in [1.29, 1.82) is 0 Å². The number of amides is 1. The van der Waals surface area contributed by atoms with Crippen molar-refractivity contribution in [2.24, 2.45) is 5.41 Å². The number of halogens is 1. The topological polar surface area (TPSA) is 63.7 Å². The van der Waals surface area contributed by atoms with Crippen molar-refractivity contribution in [2.45, 2.75) is 63.0 Å². The Morgan fingerprint density at radius 3 is 2.41 bits per heavy atom. The van der Waals surface area contributed by atoms with Gasteiger partial charge in [0.25, 0.3) is 0 Å². The molecule has 0 spiro atoms. The molecule has 2 aromatic rings. The Bertz CT molecular complexity index is 1170. The van der Waals surface area contributed by atoms with Gasteiger partial charge in [0.1, 0.15) is 22.9 Å². The second-order valence-electron chi connectivity index (χ2n) is 9.52. The summed E-state index contributed by atoms with van der Waals surface area (Å²) in [5.41, 5.74) is 0.954. The zero-order valence-corrected chi connectivity index (χ0v) is 19.9. The van der Waals surface area contributed by atoms with Gasteiger partial charge < -0.3 is 9.64 Å². The molecule has 1 saturated carbocycles. The normalized spacial score (nSPS) is 19.9. The van der Waals surface area contributed by atoms with Crippen LogP contribution in [-0.2, 0) is 19.4 Å². The predicted molar refractivity (Wildman–Crippen MR) is 122 cm³/mol. The first-order chi connectivity index (χ1) is 15.0. The third-order valence-electron chi connectivity index (χ3n) is 6.87. The summed E-state index contributed by atoms with van der Waals surface area (Å²) in [6.45, 7) is 7.90. The van der Waals surface area contributed by atoms with Crippen molar-refractivity contribution in [3.8, 4) is 5.75 Å². The Balaban J connectivity index is 1.85. The van der Waals surface area contributed by atoms with E-state index in [9.17, 15) is 17.6 Å². The number of fused-ring (bicyclic) bond motifs is 1. The molecule has 1 amide bonds. The third-order valence-corrected chi connectivity index (χ3v) is 9.42. The Morgan fingerprint density at radius 1 is 1.09 bits per heavy atom. The number of nitrogens with zero attached hydrogens (tertiary/aromatic N) is 1. The van der Waals surface area contributed by atoms with Crippen LogP contribution in [0.1, 0.15) is 57.6 Å². The van der Waals surface area contributed by atoms with E-state index in [1.807, 2.05) is 26.8 Å². The van der Waals surface area contributed by atoms with Gasteiger partial charge in [0, 0.05) is 6.54 Å². The van der Waals surface area contributed by atoms with Gasteiger partial charge in [0.05, 0.1) is 16.0 Å². The van der Waals surface area contributed by atoms with Crippen LogP contribution in [0.4, 0.5) is 10.1 Å². The Morgan fingerprint density at radius 2 is 1.78 bits per heavy atom. The van der Waals surface area contributed by atoms with Gasteiger partial charge in [-0.2, -0.15) is 0 Å². The lowest BCUT2D eigenvalue weighted by molar-refractivity contribution is -0.127. The predicted octanol–water partition coefficient (Wildman–Crippen LogP) is 5.15. The molecule has 7 heteroatoms. The van der Waals surface area contributed by atoms with Crippen LogP contribution in [-0.4, -0.2) is 27.5 Å². The van der Waals surface area contributed by atoms with Gasteiger partial charge in [0.2, 0.25) is 5.91 Å². The van der Waals surface area contributed by atoms with Gasteiger partial charge in [-0.25, -0.2) is 12.8 Å². The Labute approximate surface area is 189 Å².